The van der Waals surface area contributed by atoms with E-state index < -0.39 is 10.0 Å². The highest BCUT2D eigenvalue weighted by atomic mass is 32.2. The first-order valence-corrected chi connectivity index (χ1v) is 12.2. The molecule has 0 bridgehead atoms. The van der Waals surface area contributed by atoms with Crippen LogP contribution in [-0.4, -0.2) is 29.9 Å². The summed E-state index contributed by atoms with van der Waals surface area (Å²) in [5.74, 6) is 0.806. The van der Waals surface area contributed by atoms with Gasteiger partial charge in [0.25, 0.3) is 0 Å². The summed E-state index contributed by atoms with van der Waals surface area (Å²) in [7, 11) is -3.36. The van der Waals surface area contributed by atoms with Crippen LogP contribution in [0.1, 0.15) is 6.42 Å². The van der Waals surface area contributed by atoms with E-state index >= 15 is 0 Å². The molecule has 0 saturated heterocycles. The lowest BCUT2D eigenvalue weighted by Gasteiger charge is -2.07. The molecule has 5 nitrogen and oxygen atoms in total. The summed E-state index contributed by atoms with van der Waals surface area (Å²) in [6.07, 6.45) is 0.568. The molecule has 0 saturated carbocycles. The van der Waals surface area contributed by atoms with Crippen LogP contribution in [0.25, 0.3) is 20.4 Å². The fourth-order valence-electron chi connectivity index (χ4n) is 2.47. The van der Waals surface area contributed by atoms with Gasteiger partial charge in [-0.3, -0.25) is 4.72 Å². The van der Waals surface area contributed by atoms with Crippen molar-refractivity contribution < 1.29 is 8.42 Å². The molecule has 0 spiro atoms. The molecule has 0 fully saturated rings. The lowest BCUT2D eigenvalue weighted by atomic mass is 10.3. The van der Waals surface area contributed by atoms with Gasteiger partial charge >= 0.3 is 0 Å². The maximum absolute atomic E-state index is 12.3. The number of nitrogens with one attached hydrogen (secondary N) is 1. The standard InChI is InChI=1S/C17H15N3O2S4/c21-26(22,20-12-6-7-13-16(10-12)24-11-18-13)9-3-8-23-17-19-14-4-1-2-5-15(14)25-17/h1-2,4-7,10-11,20H,3,8-9H2. The average Bonchev–Trinajstić information content (AvgIpc) is 3.24. The van der Waals surface area contributed by atoms with Gasteiger partial charge in [-0.2, -0.15) is 0 Å². The van der Waals surface area contributed by atoms with Crippen molar-refractivity contribution in [1.82, 2.24) is 9.97 Å². The van der Waals surface area contributed by atoms with E-state index in [4.69, 9.17) is 0 Å². The number of para-hydroxylation sites is 1. The summed E-state index contributed by atoms with van der Waals surface area (Å²) in [4.78, 5) is 8.74. The molecular weight excluding hydrogens is 406 g/mol. The van der Waals surface area contributed by atoms with Crippen molar-refractivity contribution in [1.29, 1.82) is 0 Å². The van der Waals surface area contributed by atoms with E-state index in [0.29, 0.717) is 17.9 Å². The Balaban J connectivity index is 1.31. The Labute approximate surface area is 163 Å². The number of hydrogen-bond acceptors (Lipinski definition) is 7. The molecule has 26 heavy (non-hydrogen) atoms. The van der Waals surface area contributed by atoms with Crippen LogP contribution in [-0.2, 0) is 10.0 Å². The SMILES string of the molecule is O=S(=O)(CCCSc1nc2ccccc2s1)Nc1ccc2ncsc2c1. The molecule has 2 aromatic heterocycles. The van der Waals surface area contributed by atoms with Crippen molar-refractivity contribution in [3.8, 4) is 0 Å². The summed E-state index contributed by atoms with van der Waals surface area (Å²) in [6, 6.07) is 13.4. The zero-order valence-corrected chi connectivity index (χ0v) is 16.9. The Hall–Kier alpha value is -1.68. The van der Waals surface area contributed by atoms with E-state index in [2.05, 4.69) is 14.7 Å². The van der Waals surface area contributed by atoms with Gasteiger partial charge in [-0.05, 0) is 36.8 Å². The zero-order chi connectivity index (χ0) is 18.0. The number of thioether (sulfide) groups is 1. The summed E-state index contributed by atoms with van der Waals surface area (Å²) < 4.78 is 30.3. The maximum atomic E-state index is 12.3. The number of sulfonamides is 1. The number of anilines is 1. The van der Waals surface area contributed by atoms with Gasteiger partial charge in [0.05, 0.1) is 37.4 Å². The lowest BCUT2D eigenvalue weighted by molar-refractivity contribution is 0.600. The molecular formula is C17H15N3O2S4. The number of nitrogens with zero attached hydrogens (tertiary/aromatic N) is 2. The minimum absolute atomic E-state index is 0.0889. The molecule has 0 aliphatic rings. The van der Waals surface area contributed by atoms with Crippen LogP contribution < -0.4 is 4.72 Å². The Morgan fingerprint density at radius 3 is 2.85 bits per heavy atom. The lowest BCUT2D eigenvalue weighted by Crippen LogP contribution is -2.17. The third kappa shape index (κ3) is 4.17. The number of hydrogen-bond donors (Lipinski definition) is 1. The molecule has 0 unspecified atom stereocenters. The predicted molar refractivity (Wildman–Crippen MR) is 112 cm³/mol. The smallest absolute Gasteiger partial charge is 0.232 e. The first kappa shape index (κ1) is 17.7. The Morgan fingerprint density at radius 1 is 1.08 bits per heavy atom. The summed E-state index contributed by atoms with van der Waals surface area (Å²) >= 11 is 4.74. The van der Waals surface area contributed by atoms with E-state index in [9.17, 15) is 8.42 Å². The molecule has 4 aromatic rings. The molecule has 1 N–H and O–H groups in total. The van der Waals surface area contributed by atoms with Crippen LogP contribution in [0, 0.1) is 0 Å². The van der Waals surface area contributed by atoms with Crippen LogP contribution in [0.2, 0.25) is 0 Å². The van der Waals surface area contributed by atoms with Crippen molar-refractivity contribution in [2.75, 3.05) is 16.2 Å². The second-order valence-electron chi connectivity index (χ2n) is 5.61. The molecule has 134 valence electrons. The van der Waals surface area contributed by atoms with E-state index in [0.717, 1.165) is 24.8 Å². The second-order valence-corrected chi connectivity index (χ2v) is 10.7. The van der Waals surface area contributed by atoms with Crippen LogP contribution in [0.5, 0.6) is 0 Å². The Kier molecular flexibility index (Phi) is 5.12. The molecule has 4 rings (SSSR count). The van der Waals surface area contributed by atoms with Gasteiger partial charge in [-0.1, -0.05) is 23.9 Å². The molecule has 0 atom stereocenters. The fourth-order valence-corrected chi connectivity index (χ4v) is 6.56. The molecule has 9 heteroatoms. The van der Waals surface area contributed by atoms with Gasteiger partial charge in [0.2, 0.25) is 10.0 Å². The average molecular weight is 422 g/mol. The minimum Gasteiger partial charge on any atom is -0.284 e. The topological polar surface area (TPSA) is 72.0 Å². The maximum Gasteiger partial charge on any atom is 0.232 e. The summed E-state index contributed by atoms with van der Waals surface area (Å²) in [6.45, 7) is 0. The highest BCUT2D eigenvalue weighted by Gasteiger charge is 2.12. The van der Waals surface area contributed by atoms with Crippen molar-refractivity contribution in [3.63, 3.8) is 0 Å². The normalized spacial score (nSPS) is 12.0. The Morgan fingerprint density at radius 2 is 1.96 bits per heavy atom. The minimum atomic E-state index is -3.36. The van der Waals surface area contributed by atoms with E-state index in [1.807, 2.05) is 36.4 Å². The van der Waals surface area contributed by atoms with E-state index in [1.165, 1.54) is 11.3 Å². The number of rotatable bonds is 7. The third-order valence-electron chi connectivity index (χ3n) is 3.66. The highest BCUT2D eigenvalue weighted by Crippen LogP contribution is 2.29. The van der Waals surface area contributed by atoms with Gasteiger partial charge in [0.15, 0.2) is 4.34 Å². The first-order chi connectivity index (χ1) is 12.6. The summed E-state index contributed by atoms with van der Waals surface area (Å²) in [5, 5.41) is 0. The van der Waals surface area contributed by atoms with Gasteiger partial charge in [-0.15, -0.1) is 22.7 Å². The molecule has 0 aliphatic carbocycles. The van der Waals surface area contributed by atoms with Gasteiger partial charge in [-0.25, -0.2) is 18.4 Å². The number of aromatic nitrogens is 2. The zero-order valence-electron chi connectivity index (χ0n) is 13.6. The third-order valence-corrected chi connectivity index (χ3v) is 8.09. The van der Waals surface area contributed by atoms with Crippen LogP contribution >= 0.6 is 34.4 Å². The summed E-state index contributed by atoms with van der Waals surface area (Å²) in [5.41, 5.74) is 4.21. The monoisotopic (exact) mass is 421 g/mol. The highest BCUT2D eigenvalue weighted by molar-refractivity contribution is 8.01. The van der Waals surface area contributed by atoms with Crippen molar-refractivity contribution in [2.24, 2.45) is 0 Å². The largest absolute Gasteiger partial charge is 0.284 e. The van der Waals surface area contributed by atoms with Crippen LogP contribution in [0.3, 0.4) is 0 Å². The van der Waals surface area contributed by atoms with Crippen molar-refractivity contribution in [2.45, 2.75) is 10.8 Å². The molecule has 0 amide bonds. The number of thiazole rings is 2. The van der Waals surface area contributed by atoms with Crippen LogP contribution in [0.4, 0.5) is 5.69 Å². The quantitative estimate of drug-likeness (QED) is 0.342. The van der Waals surface area contributed by atoms with Crippen molar-refractivity contribution in [3.05, 3.63) is 48.0 Å². The Bertz CT molecular complexity index is 1120. The number of fused-ring (bicyclic) bond motifs is 2. The number of benzene rings is 2. The predicted octanol–water partition coefficient (Wildman–Crippen LogP) is 4.83. The fraction of sp³-hybridized carbons (Fsp3) is 0.176. The first-order valence-electron chi connectivity index (χ1n) is 7.91. The van der Waals surface area contributed by atoms with Crippen molar-refractivity contribution >= 4 is 70.6 Å². The molecule has 0 radical (unpaired) electrons. The van der Waals surface area contributed by atoms with E-state index in [1.54, 1.807) is 34.7 Å². The molecule has 2 heterocycles. The van der Waals surface area contributed by atoms with Crippen LogP contribution in [0.15, 0.2) is 52.3 Å². The van der Waals surface area contributed by atoms with Gasteiger partial charge in [0.1, 0.15) is 0 Å². The van der Waals surface area contributed by atoms with Gasteiger partial charge < -0.3 is 0 Å². The van der Waals surface area contributed by atoms with Gasteiger partial charge in [0, 0.05) is 5.75 Å². The molecule has 0 aliphatic heterocycles. The molecule has 2 aromatic carbocycles. The second kappa shape index (κ2) is 7.51. The van der Waals surface area contributed by atoms with E-state index in [-0.39, 0.29) is 5.75 Å².